The van der Waals surface area contributed by atoms with E-state index in [4.69, 9.17) is 4.98 Å². The van der Waals surface area contributed by atoms with Gasteiger partial charge in [-0.1, -0.05) is 62.9 Å². The fourth-order valence-corrected chi connectivity index (χ4v) is 4.53. The van der Waals surface area contributed by atoms with Gasteiger partial charge in [-0.3, -0.25) is 4.40 Å². The van der Waals surface area contributed by atoms with Gasteiger partial charge in [0.25, 0.3) is 0 Å². The van der Waals surface area contributed by atoms with Crippen molar-refractivity contribution in [2.45, 2.75) is 26.2 Å². The molecule has 2 aromatic carbocycles. The summed E-state index contributed by atoms with van der Waals surface area (Å²) < 4.78 is 16.5. The molecule has 0 aliphatic carbocycles. The highest BCUT2D eigenvalue weighted by atomic mass is 32.1. The number of aromatic nitrogens is 2. The van der Waals surface area contributed by atoms with Crippen molar-refractivity contribution in [3.63, 3.8) is 0 Å². The van der Waals surface area contributed by atoms with Crippen molar-refractivity contribution in [1.82, 2.24) is 9.38 Å². The van der Waals surface area contributed by atoms with Crippen molar-refractivity contribution < 1.29 is 4.39 Å². The molecule has 3 heterocycles. The van der Waals surface area contributed by atoms with Gasteiger partial charge in [-0.25, -0.2) is 9.37 Å². The van der Waals surface area contributed by atoms with Crippen molar-refractivity contribution >= 4 is 28.5 Å². The van der Waals surface area contributed by atoms with Crippen LogP contribution < -0.4 is 5.32 Å². The number of imidazole rings is 1. The third kappa shape index (κ3) is 4.46. The highest BCUT2D eigenvalue weighted by Crippen LogP contribution is 2.36. The topological polar surface area (TPSA) is 29.3 Å². The maximum atomic E-state index is 14.5. The summed E-state index contributed by atoms with van der Waals surface area (Å²) in [6.07, 6.45) is 2.00. The normalized spacial score (nSPS) is 11.3. The van der Waals surface area contributed by atoms with Gasteiger partial charge in [0.2, 0.25) is 0 Å². The Balaban J connectivity index is 1.60. The average molecular weight is 466 g/mol. The Morgan fingerprint density at radius 2 is 1.68 bits per heavy atom. The van der Waals surface area contributed by atoms with Gasteiger partial charge in [0.1, 0.15) is 23.0 Å². The third-order valence-electron chi connectivity index (χ3n) is 5.56. The number of rotatable bonds is 3. The predicted molar refractivity (Wildman–Crippen MR) is 139 cm³/mol. The fourth-order valence-electron chi connectivity index (χ4n) is 3.68. The van der Waals surface area contributed by atoms with Crippen LogP contribution in [0.4, 0.5) is 15.9 Å². The Morgan fingerprint density at radius 1 is 0.912 bits per heavy atom. The first kappa shape index (κ1) is 21.9. The number of anilines is 2. The molecule has 3 nitrogen and oxygen atoms in total. The lowest BCUT2D eigenvalue weighted by atomic mass is 9.88. The van der Waals surface area contributed by atoms with E-state index in [2.05, 4.69) is 50.1 Å². The summed E-state index contributed by atoms with van der Waals surface area (Å²) in [6, 6.07) is 24.8. The van der Waals surface area contributed by atoms with Crippen LogP contribution in [-0.2, 0) is 5.41 Å². The van der Waals surface area contributed by atoms with Gasteiger partial charge in [-0.15, -0.1) is 11.3 Å². The molecule has 0 saturated heterocycles. The number of fused-ring (bicyclic) bond motifs is 1. The number of hydrogen-bond donors (Lipinski definition) is 1. The van der Waals surface area contributed by atoms with Crippen LogP contribution in [-0.4, -0.2) is 9.38 Å². The number of thiophene rings is 1. The molecule has 0 atom stereocenters. The summed E-state index contributed by atoms with van der Waals surface area (Å²) in [4.78, 5) is 6.87. The zero-order chi connectivity index (χ0) is 23.7. The van der Waals surface area contributed by atoms with Crippen LogP contribution in [0.1, 0.15) is 36.8 Å². The summed E-state index contributed by atoms with van der Waals surface area (Å²) >= 11 is 1.58. The van der Waals surface area contributed by atoms with Crippen molar-refractivity contribution in [2.75, 3.05) is 5.32 Å². The third-order valence-corrected chi connectivity index (χ3v) is 6.57. The second kappa shape index (κ2) is 8.81. The Kier molecular flexibility index (Phi) is 5.69. The van der Waals surface area contributed by atoms with Crippen LogP contribution in [0.3, 0.4) is 0 Å². The zero-order valence-corrected chi connectivity index (χ0v) is 20.1. The van der Waals surface area contributed by atoms with Gasteiger partial charge in [-0.05, 0) is 59.5 Å². The van der Waals surface area contributed by atoms with E-state index in [1.54, 1.807) is 23.5 Å². The molecule has 5 rings (SSSR count). The minimum atomic E-state index is -0.310. The number of halogens is 1. The summed E-state index contributed by atoms with van der Waals surface area (Å²) in [5, 5.41) is 3.28. The van der Waals surface area contributed by atoms with E-state index in [1.807, 2.05) is 59.1 Å². The van der Waals surface area contributed by atoms with Crippen LogP contribution >= 0.6 is 11.3 Å². The van der Waals surface area contributed by atoms with Crippen molar-refractivity contribution in [2.24, 2.45) is 0 Å². The molecular formula is C29H24FN3S. The van der Waals surface area contributed by atoms with Gasteiger partial charge < -0.3 is 5.32 Å². The lowest BCUT2D eigenvalue weighted by Gasteiger charge is -2.19. The fraction of sp³-hybridized carbons (Fsp3) is 0.138. The second-order valence-corrected chi connectivity index (χ2v) is 10.2. The Hall–Kier alpha value is -3.88. The summed E-state index contributed by atoms with van der Waals surface area (Å²) in [5.41, 5.74) is 4.15. The molecule has 5 heteroatoms. The van der Waals surface area contributed by atoms with Gasteiger partial charge in [0, 0.05) is 11.8 Å². The minimum Gasteiger partial charge on any atom is -0.337 e. The summed E-state index contributed by atoms with van der Waals surface area (Å²) in [6.45, 7) is 6.54. The van der Waals surface area contributed by atoms with Gasteiger partial charge in [0.15, 0.2) is 0 Å². The molecule has 5 aromatic rings. The molecule has 0 fully saturated rings. The first-order valence-electron chi connectivity index (χ1n) is 11.1. The highest BCUT2D eigenvalue weighted by molar-refractivity contribution is 7.16. The van der Waals surface area contributed by atoms with Crippen LogP contribution in [0.2, 0.25) is 0 Å². The molecule has 0 bridgehead atoms. The Morgan fingerprint density at radius 3 is 2.44 bits per heavy atom. The van der Waals surface area contributed by atoms with E-state index in [1.165, 1.54) is 11.6 Å². The van der Waals surface area contributed by atoms with E-state index >= 15 is 0 Å². The smallest absolute Gasteiger partial charge is 0.146 e. The first-order valence-corrected chi connectivity index (χ1v) is 11.9. The molecule has 0 saturated carbocycles. The average Bonchev–Trinajstić information content (AvgIpc) is 3.44. The summed E-state index contributed by atoms with van der Waals surface area (Å²) in [7, 11) is 0. The van der Waals surface area contributed by atoms with Crippen molar-refractivity contribution in [3.05, 3.63) is 107 Å². The van der Waals surface area contributed by atoms with Crippen molar-refractivity contribution in [1.29, 1.82) is 0 Å². The Labute approximate surface area is 202 Å². The van der Waals surface area contributed by atoms with Gasteiger partial charge >= 0.3 is 0 Å². The Bertz CT molecular complexity index is 1530. The van der Waals surface area contributed by atoms with E-state index in [0.29, 0.717) is 5.69 Å². The van der Waals surface area contributed by atoms with E-state index in [9.17, 15) is 4.39 Å². The number of pyridine rings is 1. The number of nitrogens with one attached hydrogen (secondary N) is 1. The molecule has 0 spiro atoms. The van der Waals surface area contributed by atoms with Crippen LogP contribution in [0, 0.1) is 17.7 Å². The number of benzene rings is 2. The first-order chi connectivity index (χ1) is 16.4. The number of nitrogens with zero attached hydrogens (tertiary/aromatic N) is 2. The van der Waals surface area contributed by atoms with Crippen molar-refractivity contribution in [3.8, 4) is 22.4 Å². The highest BCUT2D eigenvalue weighted by Gasteiger charge is 2.20. The lowest BCUT2D eigenvalue weighted by Crippen LogP contribution is -2.11. The standard InChI is InChI=1S/C29H24FN3S/c1-29(2,3)21-17-18-33-26(19-21)32-27(28(33)31-24-12-8-7-11-23(24)30)25-16-15-22(34-25)14-13-20-9-5-4-6-10-20/h4-12,15-19,31H,1-3H3. The molecule has 0 amide bonds. The number of hydrogen-bond acceptors (Lipinski definition) is 3. The predicted octanol–water partition coefficient (Wildman–Crippen LogP) is 7.64. The second-order valence-electron chi connectivity index (χ2n) is 9.09. The lowest BCUT2D eigenvalue weighted by molar-refractivity contribution is 0.589. The molecule has 34 heavy (non-hydrogen) atoms. The van der Waals surface area contributed by atoms with Crippen LogP contribution in [0.15, 0.2) is 85.1 Å². The molecule has 0 aliphatic rings. The maximum absolute atomic E-state index is 14.5. The van der Waals surface area contributed by atoms with Gasteiger partial charge in [0.05, 0.1) is 15.4 Å². The number of para-hydroxylation sites is 1. The zero-order valence-electron chi connectivity index (χ0n) is 19.3. The molecule has 3 aromatic heterocycles. The minimum absolute atomic E-state index is 0.00385. The SMILES string of the molecule is CC(C)(C)c1ccn2c(Nc3ccccc3F)c(-c3ccc(C#Cc4ccccc4)s3)nc2c1. The molecule has 0 aliphatic heterocycles. The van der Waals surface area contributed by atoms with Crippen LogP contribution in [0.5, 0.6) is 0 Å². The van der Waals surface area contributed by atoms with E-state index < -0.39 is 0 Å². The molecule has 1 N–H and O–H groups in total. The van der Waals surface area contributed by atoms with Gasteiger partial charge in [-0.2, -0.15) is 0 Å². The van der Waals surface area contributed by atoms with E-state index in [-0.39, 0.29) is 11.2 Å². The molecule has 168 valence electrons. The van der Waals surface area contributed by atoms with E-state index in [0.717, 1.165) is 32.5 Å². The molecular weight excluding hydrogens is 441 g/mol. The summed E-state index contributed by atoms with van der Waals surface area (Å²) in [5.74, 6) is 6.87. The quantitative estimate of drug-likeness (QED) is 0.277. The molecule has 0 radical (unpaired) electrons. The monoisotopic (exact) mass is 465 g/mol. The molecule has 0 unspecified atom stereocenters. The maximum Gasteiger partial charge on any atom is 0.146 e. The van der Waals surface area contributed by atoms with Crippen LogP contribution in [0.25, 0.3) is 16.2 Å². The largest absolute Gasteiger partial charge is 0.337 e.